The van der Waals surface area contributed by atoms with Gasteiger partial charge >= 0.3 is 6.18 Å². The van der Waals surface area contributed by atoms with Gasteiger partial charge in [-0.05, 0) is 42.8 Å². The molecule has 8 heteroatoms. The summed E-state index contributed by atoms with van der Waals surface area (Å²) < 4.78 is 41.4. The molecule has 1 atom stereocenters. The number of amides is 1. The van der Waals surface area contributed by atoms with Gasteiger partial charge in [0.1, 0.15) is 0 Å². The molecule has 1 amide bonds. The first kappa shape index (κ1) is 22.0. The van der Waals surface area contributed by atoms with Crippen LogP contribution in [0.3, 0.4) is 0 Å². The smallest absolute Gasteiger partial charge is 0.325 e. The number of hydrogen-bond acceptors (Lipinski definition) is 3. The van der Waals surface area contributed by atoms with E-state index in [0.717, 1.165) is 17.7 Å². The third-order valence-electron chi connectivity index (χ3n) is 4.92. The lowest BCUT2D eigenvalue weighted by Gasteiger charge is -2.14. The number of fused-ring (bicyclic) bond motifs is 1. The van der Waals surface area contributed by atoms with E-state index in [9.17, 15) is 18.0 Å². The number of alkyl halides is 3. The van der Waals surface area contributed by atoms with Gasteiger partial charge in [-0.25, -0.2) is 4.98 Å². The number of benzene rings is 3. The predicted molar refractivity (Wildman–Crippen MR) is 121 cm³/mol. The molecule has 1 aromatic heterocycles. The Hall–Kier alpha value is -3.26. The predicted octanol–water partition coefficient (Wildman–Crippen LogP) is 6.22. The molecule has 0 aliphatic rings. The molecule has 1 unspecified atom stereocenters. The highest BCUT2D eigenvalue weighted by atomic mass is 32.2. The molecule has 1 heterocycles. The first-order valence-electron chi connectivity index (χ1n) is 9.95. The Morgan fingerprint density at radius 1 is 1.03 bits per heavy atom. The number of para-hydroxylation sites is 1. The van der Waals surface area contributed by atoms with Crippen molar-refractivity contribution in [3.63, 3.8) is 0 Å². The van der Waals surface area contributed by atoms with Crippen LogP contribution in [-0.4, -0.2) is 20.7 Å². The molecule has 0 saturated heterocycles. The minimum Gasteiger partial charge on any atom is -0.325 e. The second-order valence-corrected chi connectivity index (χ2v) is 8.59. The molecule has 164 valence electrons. The van der Waals surface area contributed by atoms with Gasteiger partial charge in [0.2, 0.25) is 5.91 Å². The lowest BCUT2D eigenvalue weighted by atomic mass is 10.2. The van der Waals surface area contributed by atoms with Crippen LogP contribution in [0, 0.1) is 0 Å². The average molecular weight is 456 g/mol. The van der Waals surface area contributed by atoms with E-state index in [1.165, 1.54) is 17.8 Å². The zero-order valence-electron chi connectivity index (χ0n) is 17.1. The van der Waals surface area contributed by atoms with Gasteiger partial charge in [0, 0.05) is 5.69 Å². The van der Waals surface area contributed by atoms with Gasteiger partial charge < -0.3 is 9.88 Å². The maximum atomic E-state index is 13.2. The summed E-state index contributed by atoms with van der Waals surface area (Å²) in [6.45, 7) is 2.17. The molecule has 0 fully saturated rings. The van der Waals surface area contributed by atoms with Crippen LogP contribution in [0.25, 0.3) is 11.0 Å². The summed E-state index contributed by atoms with van der Waals surface area (Å²) in [4.78, 5) is 17.1. The molecule has 4 nitrogen and oxygen atoms in total. The van der Waals surface area contributed by atoms with Crippen LogP contribution in [0.1, 0.15) is 18.1 Å². The molecular formula is C24H20F3N3OS. The summed E-state index contributed by atoms with van der Waals surface area (Å²) in [5, 5.41) is 2.82. The molecule has 3 aromatic carbocycles. The van der Waals surface area contributed by atoms with Crippen molar-refractivity contribution in [2.45, 2.75) is 30.1 Å². The van der Waals surface area contributed by atoms with Crippen molar-refractivity contribution in [2.75, 3.05) is 5.32 Å². The van der Waals surface area contributed by atoms with Crippen molar-refractivity contribution >= 4 is 34.4 Å². The number of imidazole rings is 1. The van der Waals surface area contributed by atoms with E-state index >= 15 is 0 Å². The Morgan fingerprint density at radius 3 is 2.34 bits per heavy atom. The number of hydrogen-bond donors (Lipinski definition) is 1. The maximum Gasteiger partial charge on any atom is 0.416 e. The van der Waals surface area contributed by atoms with Crippen LogP contribution in [0.4, 0.5) is 18.9 Å². The average Bonchev–Trinajstić information content (AvgIpc) is 3.10. The first-order chi connectivity index (χ1) is 15.3. The largest absolute Gasteiger partial charge is 0.416 e. The van der Waals surface area contributed by atoms with Crippen LogP contribution in [0.2, 0.25) is 0 Å². The van der Waals surface area contributed by atoms with E-state index in [2.05, 4.69) is 10.3 Å². The van der Waals surface area contributed by atoms with Gasteiger partial charge in [-0.2, -0.15) is 13.2 Å². The molecule has 1 N–H and O–H groups in total. The van der Waals surface area contributed by atoms with E-state index in [-0.39, 0.29) is 11.4 Å². The fraction of sp³-hybridized carbons (Fsp3) is 0.167. The summed E-state index contributed by atoms with van der Waals surface area (Å²) in [6.07, 6.45) is -4.45. The van der Waals surface area contributed by atoms with Crippen LogP contribution in [0.5, 0.6) is 0 Å². The summed E-state index contributed by atoms with van der Waals surface area (Å²) in [5.41, 5.74) is 1.74. The Balaban J connectivity index is 1.66. The van der Waals surface area contributed by atoms with Crippen molar-refractivity contribution in [2.24, 2.45) is 0 Å². The molecule has 0 radical (unpaired) electrons. The summed E-state index contributed by atoms with van der Waals surface area (Å²) in [6, 6.07) is 22.2. The minimum atomic E-state index is -4.45. The number of anilines is 1. The Morgan fingerprint density at radius 2 is 1.69 bits per heavy atom. The van der Waals surface area contributed by atoms with E-state index in [1.807, 2.05) is 53.1 Å². The number of nitrogens with zero attached hydrogens (tertiary/aromatic N) is 2. The lowest BCUT2D eigenvalue weighted by molar-refractivity contribution is -0.137. The number of carbonyl (C=O) groups is 1. The van der Waals surface area contributed by atoms with Gasteiger partial charge in [-0.1, -0.05) is 60.3 Å². The molecule has 0 saturated carbocycles. The van der Waals surface area contributed by atoms with E-state index in [1.54, 1.807) is 19.1 Å². The van der Waals surface area contributed by atoms with Crippen molar-refractivity contribution in [1.82, 2.24) is 9.55 Å². The van der Waals surface area contributed by atoms with E-state index < -0.39 is 17.0 Å². The fourth-order valence-corrected chi connectivity index (χ4v) is 4.19. The number of halogens is 3. The van der Waals surface area contributed by atoms with Gasteiger partial charge in [-0.15, -0.1) is 0 Å². The topological polar surface area (TPSA) is 46.9 Å². The third kappa shape index (κ3) is 4.96. The van der Waals surface area contributed by atoms with Crippen molar-refractivity contribution < 1.29 is 18.0 Å². The third-order valence-corrected chi connectivity index (χ3v) is 6.01. The summed E-state index contributed by atoms with van der Waals surface area (Å²) in [7, 11) is 0. The van der Waals surface area contributed by atoms with Crippen LogP contribution < -0.4 is 5.32 Å². The number of nitrogens with one attached hydrogen (secondary N) is 1. The van der Waals surface area contributed by atoms with Crippen molar-refractivity contribution in [3.8, 4) is 0 Å². The highest BCUT2D eigenvalue weighted by Gasteiger charge is 2.31. The van der Waals surface area contributed by atoms with Crippen LogP contribution >= 0.6 is 11.8 Å². The zero-order chi connectivity index (χ0) is 22.7. The second kappa shape index (κ2) is 9.08. The molecule has 0 aliphatic carbocycles. The summed E-state index contributed by atoms with van der Waals surface area (Å²) in [5.74, 6) is -0.213. The molecule has 4 aromatic rings. The lowest BCUT2D eigenvalue weighted by Crippen LogP contribution is -2.22. The molecule has 0 spiro atoms. The Labute approximate surface area is 187 Å². The van der Waals surface area contributed by atoms with Crippen LogP contribution in [0.15, 0.2) is 84.0 Å². The Bertz CT molecular complexity index is 1220. The van der Waals surface area contributed by atoms with Gasteiger partial charge in [0.25, 0.3) is 0 Å². The second-order valence-electron chi connectivity index (χ2n) is 7.28. The SMILES string of the molecule is CC(Sc1nc2cc(C(F)(F)F)ccc2n1Cc1ccccc1)C(=O)Nc1ccccc1. The normalized spacial score (nSPS) is 12.6. The maximum absolute atomic E-state index is 13.2. The first-order valence-corrected chi connectivity index (χ1v) is 10.8. The highest BCUT2D eigenvalue weighted by Crippen LogP contribution is 2.34. The fourth-order valence-electron chi connectivity index (χ4n) is 3.27. The molecule has 0 aliphatic heterocycles. The molecular weight excluding hydrogens is 435 g/mol. The zero-order valence-corrected chi connectivity index (χ0v) is 18.0. The molecule has 32 heavy (non-hydrogen) atoms. The van der Waals surface area contributed by atoms with Crippen molar-refractivity contribution in [1.29, 1.82) is 0 Å². The standard InChI is InChI=1S/C24H20F3N3OS/c1-16(22(31)28-19-10-6-3-7-11-19)32-23-29-20-14-18(24(25,26)27)12-13-21(20)30(23)15-17-8-4-2-5-9-17/h2-14,16H,15H2,1H3,(H,28,31). The highest BCUT2D eigenvalue weighted by molar-refractivity contribution is 8.00. The monoisotopic (exact) mass is 455 g/mol. The molecule has 4 rings (SSSR count). The molecule has 0 bridgehead atoms. The van der Waals surface area contributed by atoms with Gasteiger partial charge in [0.05, 0.1) is 28.4 Å². The Kier molecular flexibility index (Phi) is 6.23. The quantitative estimate of drug-likeness (QED) is 0.351. The number of rotatable bonds is 6. The summed E-state index contributed by atoms with van der Waals surface area (Å²) >= 11 is 1.21. The van der Waals surface area contributed by atoms with Gasteiger partial charge in [0.15, 0.2) is 5.16 Å². The van der Waals surface area contributed by atoms with Gasteiger partial charge in [-0.3, -0.25) is 4.79 Å². The minimum absolute atomic E-state index is 0.213. The van der Waals surface area contributed by atoms with Crippen LogP contribution in [-0.2, 0) is 17.5 Å². The van der Waals surface area contributed by atoms with E-state index in [0.29, 0.717) is 22.9 Å². The van der Waals surface area contributed by atoms with Crippen molar-refractivity contribution in [3.05, 3.63) is 90.0 Å². The number of carbonyl (C=O) groups excluding carboxylic acids is 1. The number of thioether (sulfide) groups is 1. The van der Waals surface area contributed by atoms with E-state index in [4.69, 9.17) is 0 Å². The number of aromatic nitrogens is 2.